The fraction of sp³-hybridized carbons (Fsp3) is 0.500. The summed E-state index contributed by atoms with van der Waals surface area (Å²) in [5, 5.41) is 5.34. The molecule has 0 radical (unpaired) electrons. The molecule has 1 heterocycles. The molecule has 4 nitrogen and oxygen atoms in total. The van der Waals surface area contributed by atoms with Crippen molar-refractivity contribution in [1.82, 2.24) is 10.6 Å². The van der Waals surface area contributed by atoms with Gasteiger partial charge < -0.3 is 10.6 Å². The quantitative estimate of drug-likeness (QED) is 0.835. The largest absolute Gasteiger partial charge is 0.350 e. The van der Waals surface area contributed by atoms with Crippen molar-refractivity contribution in [3.63, 3.8) is 0 Å². The Morgan fingerprint density at radius 3 is 2.53 bits per heavy atom. The molecule has 2 N–H and O–H groups in total. The fourth-order valence-corrected chi connectivity index (χ4v) is 2.03. The number of amides is 2. The molecule has 17 heavy (non-hydrogen) atoms. The van der Waals surface area contributed by atoms with E-state index >= 15 is 0 Å². The summed E-state index contributed by atoms with van der Waals surface area (Å²) in [6.07, 6.45) is 0. The summed E-state index contributed by atoms with van der Waals surface area (Å²) in [5.41, 5.74) is 0. The fourth-order valence-electron chi connectivity index (χ4n) is 1.20. The van der Waals surface area contributed by atoms with Crippen LogP contribution in [-0.2, 0) is 16.1 Å². The normalized spacial score (nSPS) is 10.4. The number of rotatable bonds is 5. The number of hydrogen-bond acceptors (Lipinski definition) is 3. The van der Waals surface area contributed by atoms with Crippen LogP contribution in [0.25, 0.3) is 0 Å². The summed E-state index contributed by atoms with van der Waals surface area (Å²) in [7, 11) is 0. The van der Waals surface area contributed by atoms with Gasteiger partial charge in [0.1, 0.15) is 0 Å². The molecule has 0 aliphatic heterocycles. The molecule has 0 fully saturated rings. The highest BCUT2D eigenvalue weighted by Crippen LogP contribution is 2.14. The zero-order valence-electron chi connectivity index (χ0n) is 10.4. The SMILES string of the molecule is Cc1ccc(CNC(=O)CNC(=O)C(C)C)s1. The highest BCUT2D eigenvalue weighted by molar-refractivity contribution is 7.11. The van der Waals surface area contributed by atoms with Gasteiger partial charge >= 0.3 is 0 Å². The topological polar surface area (TPSA) is 58.2 Å². The molecule has 0 aliphatic carbocycles. The van der Waals surface area contributed by atoms with E-state index in [-0.39, 0.29) is 24.3 Å². The maximum Gasteiger partial charge on any atom is 0.239 e. The molecular formula is C12H18N2O2S. The van der Waals surface area contributed by atoms with Crippen molar-refractivity contribution >= 4 is 23.2 Å². The molecule has 2 amide bonds. The molecule has 0 saturated carbocycles. The zero-order chi connectivity index (χ0) is 12.8. The monoisotopic (exact) mass is 254 g/mol. The van der Waals surface area contributed by atoms with E-state index in [1.807, 2.05) is 19.1 Å². The van der Waals surface area contributed by atoms with E-state index in [1.165, 1.54) is 4.88 Å². The average molecular weight is 254 g/mol. The highest BCUT2D eigenvalue weighted by atomic mass is 32.1. The van der Waals surface area contributed by atoms with Crippen LogP contribution >= 0.6 is 11.3 Å². The van der Waals surface area contributed by atoms with Gasteiger partial charge in [0.15, 0.2) is 0 Å². The first-order valence-electron chi connectivity index (χ1n) is 5.58. The zero-order valence-corrected chi connectivity index (χ0v) is 11.2. The molecule has 0 unspecified atom stereocenters. The Bertz CT molecular complexity index is 399. The molecular weight excluding hydrogens is 236 g/mol. The van der Waals surface area contributed by atoms with Crippen molar-refractivity contribution in [3.8, 4) is 0 Å². The summed E-state index contributed by atoms with van der Waals surface area (Å²) in [6.45, 7) is 6.18. The Kier molecular flexibility index (Phi) is 5.15. The molecule has 0 aliphatic rings. The molecule has 94 valence electrons. The molecule has 0 spiro atoms. The maximum atomic E-state index is 11.4. The maximum absolute atomic E-state index is 11.4. The number of nitrogens with one attached hydrogen (secondary N) is 2. The highest BCUT2D eigenvalue weighted by Gasteiger charge is 2.08. The Balaban J connectivity index is 2.24. The van der Waals surface area contributed by atoms with Gasteiger partial charge in [-0.15, -0.1) is 11.3 Å². The van der Waals surface area contributed by atoms with Crippen LogP contribution in [0, 0.1) is 12.8 Å². The van der Waals surface area contributed by atoms with Crippen LogP contribution in [0.1, 0.15) is 23.6 Å². The van der Waals surface area contributed by atoms with Crippen LogP contribution in [0.2, 0.25) is 0 Å². The Morgan fingerprint density at radius 2 is 2.00 bits per heavy atom. The molecule has 1 aromatic rings. The van der Waals surface area contributed by atoms with E-state index in [0.717, 1.165) is 4.88 Å². The third-order valence-corrected chi connectivity index (χ3v) is 3.20. The molecule has 0 atom stereocenters. The van der Waals surface area contributed by atoms with Crippen LogP contribution in [0.4, 0.5) is 0 Å². The average Bonchev–Trinajstić information content (AvgIpc) is 2.69. The minimum absolute atomic E-state index is 0.0430. The second kappa shape index (κ2) is 6.39. The molecule has 1 aromatic heterocycles. The Morgan fingerprint density at radius 1 is 1.29 bits per heavy atom. The minimum Gasteiger partial charge on any atom is -0.350 e. The van der Waals surface area contributed by atoms with Crippen molar-refractivity contribution in [2.24, 2.45) is 5.92 Å². The lowest BCUT2D eigenvalue weighted by atomic mass is 10.2. The van der Waals surface area contributed by atoms with Crippen molar-refractivity contribution in [2.75, 3.05) is 6.54 Å². The number of carbonyl (C=O) groups excluding carboxylic acids is 2. The summed E-state index contributed by atoms with van der Waals surface area (Å²) < 4.78 is 0. The third-order valence-electron chi connectivity index (χ3n) is 2.20. The molecule has 5 heteroatoms. The van der Waals surface area contributed by atoms with Crippen molar-refractivity contribution in [1.29, 1.82) is 0 Å². The van der Waals surface area contributed by atoms with E-state index in [1.54, 1.807) is 25.2 Å². The van der Waals surface area contributed by atoms with E-state index in [4.69, 9.17) is 0 Å². The molecule has 0 saturated heterocycles. The number of thiophene rings is 1. The van der Waals surface area contributed by atoms with Crippen LogP contribution < -0.4 is 10.6 Å². The minimum atomic E-state index is -0.162. The second-order valence-corrected chi connectivity index (χ2v) is 5.53. The van der Waals surface area contributed by atoms with Crippen LogP contribution in [0.3, 0.4) is 0 Å². The Hall–Kier alpha value is -1.36. The van der Waals surface area contributed by atoms with Crippen molar-refractivity contribution < 1.29 is 9.59 Å². The van der Waals surface area contributed by atoms with Gasteiger partial charge in [0.2, 0.25) is 11.8 Å². The van der Waals surface area contributed by atoms with Gasteiger partial charge in [0, 0.05) is 15.7 Å². The molecule has 1 rings (SSSR count). The molecule has 0 aromatic carbocycles. The first-order chi connectivity index (χ1) is 7.99. The van der Waals surface area contributed by atoms with Crippen LogP contribution in [0.15, 0.2) is 12.1 Å². The van der Waals surface area contributed by atoms with Gasteiger partial charge in [-0.2, -0.15) is 0 Å². The second-order valence-electron chi connectivity index (χ2n) is 4.16. The summed E-state index contributed by atoms with van der Waals surface area (Å²) >= 11 is 1.66. The van der Waals surface area contributed by atoms with Crippen LogP contribution in [0.5, 0.6) is 0 Å². The van der Waals surface area contributed by atoms with Gasteiger partial charge in [0.25, 0.3) is 0 Å². The lowest BCUT2D eigenvalue weighted by Gasteiger charge is -2.07. The smallest absolute Gasteiger partial charge is 0.239 e. The van der Waals surface area contributed by atoms with Gasteiger partial charge in [-0.05, 0) is 19.1 Å². The standard InChI is InChI=1S/C12H18N2O2S/c1-8(2)12(16)14-7-11(15)13-6-10-5-4-9(3)17-10/h4-5,8H,6-7H2,1-3H3,(H,13,15)(H,14,16). The third kappa shape index (κ3) is 4.99. The lowest BCUT2D eigenvalue weighted by molar-refractivity contribution is -0.127. The van der Waals surface area contributed by atoms with Crippen LogP contribution in [-0.4, -0.2) is 18.4 Å². The van der Waals surface area contributed by atoms with E-state index in [0.29, 0.717) is 6.54 Å². The summed E-state index contributed by atoms with van der Waals surface area (Å²) in [6, 6.07) is 4.01. The summed E-state index contributed by atoms with van der Waals surface area (Å²) in [5.74, 6) is -0.361. The predicted molar refractivity (Wildman–Crippen MR) is 68.8 cm³/mol. The van der Waals surface area contributed by atoms with Gasteiger partial charge in [-0.1, -0.05) is 13.8 Å². The lowest BCUT2D eigenvalue weighted by Crippen LogP contribution is -2.38. The van der Waals surface area contributed by atoms with Crippen molar-refractivity contribution in [3.05, 3.63) is 21.9 Å². The van der Waals surface area contributed by atoms with E-state index in [9.17, 15) is 9.59 Å². The number of aryl methyl sites for hydroxylation is 1. The number of carbonyl (C=O) groups is 2. The Labute approximate surface area is 105 Å². The summed E-state index contributed by atoms with van der Waals surface area (Å²) in [4.78, 5) is 25.0. The predicted octanol–water partition coefficient (Wildman–Crippen LogP) is 1.44. The van der Waals surface area contributed by atoms with E-state index in [2.05, 4.69) is 10.6 Å². The number of hydrogen-bond donors (Lipinski definition) is 2. The van der Waals surface area contributed by atoms with Gasteiger partial charge in [0.05, 0.1) is 13.1 Å². The molecule has 0 bridgehead atoms. The van der Waals surface area contributed by atoms with E-state index < -0.39 is 0 Å². The van der Waals surface area contributed by atoms with Gasteiger partial charge in [-0.3, -0.25) is 9.59 Å². The van der Waals surface area contributed by atoms with Gasteiger partial charge in [-0.25, -0.2) is 0 Å². The van der Waals surface area contributed by atoms with Crippen molar-refractivity contribution in [2.45, 2.75) is 27.3 Å². The first kappa shape index (κ1) is 13.7. The first-order valence-corrected chi connectivity index (χ1v) is 6.40.